The van der Waals surface area contributed by atoms with Crippen molar-refractivity contribution >= 4 is 33.2 Å². The molecule has 8 heteroatoms. The number of rotatable bonds is 11. The Morgan fingerprint density at radius 1 is 1.10 bits per heavy atom. The monoisotopic (exact) mass is 438 g/mol. The van der Waals surface area contributed by atoms with Crippen molar-refractivity contribution in [3.05, 3.63) is 59.1 Å². The second-order valence-electron chi connectivity index (χ2n) is 6.61. The highest BCUT2D eigenvalue weighted by atomic mass is 35.5. The molecule has 0 aromatic heterocycles. The molecule has 0 spiro atoms. The van der Waals surface area contributed by atoms with Gasteiger partial charge in [-0.1, -0.05) is 30.7 Å². The third-order valence-corrected chi connectivity index (χ3v) is 5.75. The van der Waals surface area contributed by atoms with Gasteiger partial charge in [-0.3, -0.25) is 9.10 Å². The Hall–Kier alpha value is -2.25. The minimum absolute atomic E-state index is 0.139. The number of carbonyl (C=O) groups excluding carboxylic acids is 1. The Balaban J connectivity index is 1.72. The predicted octanol–water partition coefficient (Wildman–Crippen LogP) is 3.64. The first kappa shape index (κ1) is 23.0. The van der Waals surface area contributed by atoms with Gasteiger partial charge in [0.05, 0.1) is 18.5 Å². The van der Waals surface area contributed by atoms with E-state index in [0.29, 0.717) is 30.3 Å². The zero-order chi connectivity index (χ0) is 21.3. The summed E-state index contributed by atoms with van der Waals surface area (Å²) in [7, 11) is -3.45. The topological polar surface area (TPSA) is 75.7 Å². The van der Waals surface area contributed by atoms with Gasteiger partial charge in [-0.05, 0) is 54.8 Å². The van der Waals surface area contributed by atoms with Gasteiger partial charge in [0.25, 0.3) is 0 Å². The van der Waals surface area contributed by atoms with Crippen molar-refractivity contribution in [2.45, 2.75) is 26.2 Å². The molecule has 0 saturated carbocycles. The third kappa shape index (κ3) is 7.95. The fourth-order valence-electron chi connectivity index (χ4n) is 2.75. The molecular formula is C21H27ClN2O4S. The number of benzene rings is 2. The number of halogens is 1. The van der Waals surface area contributed by atoms with E-state index in [1.165, 1.54) is 9.87 Å². The normalized spacial score (nSPS) is 11.1. The van der Waals surface area contributed by atoms with Crippen LogP contribution in [-0.4, -0.2) is 40.3 Å². The van der Waals surface area contributed by atoms with Crippen LogP contribution in [0.2, 0.25) is 5.02 Å². The van der Waals surface area contributed by atoms with E-state index in [4.69, 9.17) is 16.3 Å². The van der Waals surface area contributed by atoms with Crippen LogP contribution in [0, 0.1) is 0 Å². The molecule has 1 N–H and O–H groups in total. The van der Waals surface area contributed by atoms with Crippen LogP contribution < -0.4 is 14.4 Å². The quantitative estimate of drug-likeness (QED) is 0.543. The lowest BCUT2D eigenvalue weighted by Crippen LogP contribution is -2.32. The van der Waals surface area contributed by atoms with E-state index in [-0.39, 0.29) is 18.9 Å². The molecule has 0 heterocycles. The van der Waals surface area contributed by atoms with Gasteiger partial charge in [-0.25, -0.2) is 8.42 Å². The summed E-state index contributed by atoms with van der Waals surface area (Å²) in [5, 5.41) is 3.32. The Morgan fingerprint density at radius 2 is 1.76 bits per heavy atom. The number of hydrogen-bond donors (Lipinski definition) is 1. The Bertz CT molecular complexity index is 884. The number of amides is 1. The summed E-state index contributed by atoms with van der Waals surface area (Å²) >= 11 is 5.86. The van der Waals surface area contributed by atoms with Crippen LogP contribution in [0.1, 0.15) is 25.3 Å². The highest BCUT2D eigenvalue weighted by Gasteiger charge is 2.17. The van der Waals surface area contributed by atoms with Gasteiger partial charge in [-0.15, -0.1) is 0 Å². The van der Waals surface area contributed by atoms with Gasteiger partial charge in [0.15, 0.2) is 0 Å². The van der Waals surface area contributed by atoms with E-state index in [0.717, 1.165) is 18.4 Å². The van der Waals surface area contributed by atoms with Crippen LogP contribution in [0.25, 0.3) is 0 Å². The van der Waals surface area contributed by atoms with E-state index in [1.54, 1.807) is 24.3 Å². The van der Waals surface area contributed by atoms with E-state index in [9.17, 15) is 13.2 Å². The highest BCUT2D eigenvalue weighted by Crippen LogP contribution is 2.21. The zero-order valence-corrected chi connectivity index (χ0v) is 18.3. The van der Waals surface area contributed by atoms with Crippen molar-refractivity contribution < 1.29 is 17.9 Å². The minimum Gasteiger partial charge on any atom is -0.492 e. The van der Waals surface area contributed by atoms with Crippen LogP contribution in [0.5, 0.6) is 5.75 Å². The fourth-order valence-corrected chi connectivity index (χ4v) is 3.84. The summed E-state index contributed by atoms with van der Waals surface area (Å²) in [5.74, 6) is 0.627. The van der Waals surface area contributed by atoms with E-state index in [1.807, 2.05) is 24.3 Å². The maximum atomic E-state index is 12.1. The highest BCUT2D eigenvalue weighted by molar-refractivity contribution is 7.92. The molecule has 0 bridgehead atoms. The molecule has 2 aromatic rings. The molecule has 0 aliphatic heterocycles. The van der Waals surface area contributed by atoms with Crippen LogP contribution in [0.15, 0.2) is 48.5 Å². The van der Waals surface area contributed by atoms with Gasteiger partial charge in [-0.2, -0.15) is 0 Å². The first-order valence-electron chi connectivity index (χ1n) is 9.51. The number of sulfonamides is 1. The molecule has 0 saturated heterocycles. The molecule has 0 unspecified atom stereocenters. The standard InChI is InChI=1S/C21H27ClN2O4S/c1-3-17-6-12-20(13-7-17)28-16-14-23-21(25)5-4-15-24(29(2,26)27)19-10-8-18(22)9-11-19/h6-13H,3-5,14-16H2,1-2H3,(H,23,25). The van der Waals surface area contributed by atoms with Gasteiger partial charge < -0.3 is 10.1 Å². The van der Waals surface area contributed by atoms with Crippen molar-refractivity contribution in [2.24, 2.45) is 0 Å². The van der Waals surface area contributed by atoms with Crippen molar-refractivity contribution in [1.82, 2.24) is 5.32 Å². The van der Waals surface area contributed by atoms with E-state index in [2.05, 4.69) is 12.2 Å². The van der Waals surface area contributed by atoms with Crippen molar-refractivity contribution in [1.29, 1.82) is 0 Å². The van der Waals surface area contributed by atoms with Gasteiger partial charge in [0, 0.05) is 18.0 Å². The number of carbonyl (C=O) groups is 1. The van der Waals surface area contributed by atoms with Gasteiger partial charge >= 0.3 is 0 Å². The molecule has 29 heavy (non-hydrogen) atoms. The van der Waals surface area contributed by atoms with Crippen molar-refractivity contribution in [3.8, 4) is 5.75 Å². The minimum atomic E-state index is -3.45. The molecule has 0 fully saturated rings. The Labute approximate surface area is 177 Å². The number of aryl methyl sites for hydroxylation is 1. The summed E-state index contributed by atoms with van der Waals surface area (Å²) in [5.41, 5.74) is 1.77. The second kappa shape index (κ2) is 11.1. The van der Waals surface area contributed by atoms with Gasteiger partial charge in [0.1, 0.15) is 12.4 Å². The maximum Gasteiger partial charge on any atom is 0.232 e. The molecule has 0 aliphatic carbocycles. The van der Waals surface area contributed by atoms with E-state index >= 15 is 0 Å². The molecule has 2 rings (SSSR count). The number of anilines is 1. The summed E-state index contributed by atoms with van der Waals surface area (Å²) in [6, 6.07) is 14.4. The smallest absolute Gasteiger partial charge is 0.232 e. The summed E-state index contributed by atoms with van der Waals surface area (Å²) in [6.45, 7) is 3.07. The lowest BCUT2D eigenvalue weighted by atomic mass is 10.2. The number of hydrogen-bond acceptors (Lipinski definition) is 4. The average molecular weight is 439 g/mol. The molecule has 0 atom stereocenters. The lowest BCUT2D eigenvalue weighted by Gasteiger charge is -2.22. The largest absolute Gasteiger partial charge is 0.492 e. The average Bonchev–Trinajstić information content (AvgIpc) is 2.69. The van der Waals surface area contributed by atoms with Crippen molar-refractivity contribution in [2.75, 3.05) is 30.3 Å². The van der Waals surface area contributed by atoms with Crippen LogP contribution in [0.3, 0.4) is 0 Å². The molecule has 1 amide bonds. The Kier molecular flexibility index (Phi) is 8.79. The molecule has 2 aromatic carbocycles. The summed E-state index contributed by atoms with van der Waals surface area (Å²) in [6.07, 6.45) is 2.75. The first-order chi connectivity index (χ1) is 13.8. The maximum absolute atomic E-state index is 12.1. The zero-order valence-electron chi connectivity index (χ0n) is 16.7. The van der Waals surface area contributed by atoms with Crippen LogP contribution >= 0.6 is 11.6 Å². The van der Waals surface area contributed by atoms with E-state index < -0.39 is 10.0 Å². The Morgan fingerprint density at radius 3 is 2.34 bits per heavy atom. The van der Waals surface area contributed by atoms with Crippen LogP contribution in [0.4, 0.5) is 5.69 Å². The molecular weight excluding hydrogens is 412 g/mol. The summed E-state index contributed by atoms with van der Waals surface area (Å²) in [4.78, 5) is 12.0. The molecule has 158 valence electrons. The first-order valence-corrected chi connectivity index (χ1v) is 11.7. The van der Waals surface area contributed by atoms with Crippen LogP contribution in [-0.2, 0) is 21.2 Å². The predicted molar refractivity (Wildman–Crippen MR) is 117 cm³/mol. The SMILES string of the molecule is CCc1ccc(OCCNC(=O)CCCN(c2ccc(Cl)cc2)S(C)(=O)=O)cc1. The number of nitrogens with zero attached hydrogens (tertiary/aromatic N) is 1. The third-order valence-electron chi connectivity index (χ3n) is 4.30. The van der Waals surface area contributed by atoms with Crippen molar-refractivity contribution in [3.63, 3.8) is 0 Å². The number of nitrogens with one attached hydrogen (secondary N) is 1. The molecule has 0 radical (unpaired) electrons. The second-order valence-corrected chi connectivity index (χ2v) is 8.95. The fraction of sp³-hybridized carbons (Fsp3) is 0.381. The molecule has 6 nitrogen and oxygen atoms in total. The summed E-state index contributed by atoms with van der Waals surface area (Å²) < 4.78 is 31.0. The lowest BCUT2D eigenvalue weighted by molar-refractivity contribution is -0.121. The number of ether oxygens (including phenoxy) is 1. The van der Waals surface area contributed by atoms with Gasteiger partial charge in [0.2, 0.25) is 15.9 Å². The molecule has 0 aliphatic rings.